The largest absolute Gasteiger partial charge is 0.438 e. The van der Waals surface area contributed by atoms with Gasteiger partial charge in [0, 0.05) is 0 Å². The van der Waals surface area contributed by atoms with Crippen LogP contribution in [0.2, 0.25) is 0 Å². The fourth-order valence-electron chi connectivity index (χ4n) is 1.73. The van der Waals surface area contributed by atoms with Crippen LogP contribution in [0.5, 0.6) is 0 Å². The highest BCUT2D eigenvalue weighted by atomic mass is 16.7. The van der Waals surface area contributed by atoms with Gasteiger partial charge in [0.05, 0.1) is 12.0 Å². The molecule has 0 amide bonds. The summed E-state index contributed by atoms with van der Waals surface area (Å²) in [7, 11) is 0. The van der Waals surface area contributed by atoms with Crippen molar-refractivity contribution in [2.24, 2.45) is 5.92 Å². The van der Waals surface area contributed by atoms with Crippen LogP contribution < -0.4 is 0 Å². The fraction of sp³-hybridized carbons (Fsp3) is 0.917. The zero-order chi connectivity index (χ0) is 11.1. The van der Waals surface area contributed by atoms with E-state index in [1.54, 1.807) is 0 Å². The van der Waals surface area contributed by atoms with Crippen molar-refractivity contribution in [2.45, 2.75) is 58.5 Å². The number of carbonyl (C=O) groups is 1. The van der Waals surface area contributed by atoms with Crippen molar-refractivity contribution < 1.29 is 14.3 Å². The molecule has 0 N–H and O–H groups in total. The Morgan fingerprint density at radius 3 is 2.60 bits per heavy atom. The van der Waals surface area contributed by atoms with E-state index in [9.17, 15) is 4.79 Å². The first-order chi connectivity index (χ1) is 7.24. The van der Waals surface area contributed by atoms with Gasteiger partial charge in [-0.15, -0.1) is 0 Å². The molecule has 1 aliphatic rings. The van der Waals surface area contributed by atoms with E-state index >= 15 is 0 Å². The zero-order valence-electron chi connectivity index (χ0n) is 9.83. The molecule has 1 saturated carbocycles. The van der Waals surface area contributed by atoms with Crippen molar-refractivity contribution in [1.29, 1.82) is 0 Å². The van der Waals surface area contributed by atoms with Crippen molar-refractivity contribution >= 4 is 5.97 Å². The second-order valence-electron chi connectivity index (χ2n) is 4.32. The van der Waals surface area contributed by atoms with Crippen LogP contribution in [0.4, 0.5) is 0 Å². The molecule has 3 heteroatoms. The van der Waals surface area contributed by atoms with Gasteiger partial charge < -0.3 is 9.47 Å². The Hall–Kier alpha value is -0.570. The number of hydrogen-bond donors (Lipinski definition) is 0. The topological polar surface area (TPSA) is 35.5 Å². The molecule has 1 rings (SSSR count). The Balaban J connectivity index is 2.07. The number of rotatable bonds is 5. The van der Waals surface area contributed by atoms with E-state index < -0.39 is 0 Å². The lowest BCUT2D eigenvalue weighted by Gasteiger charge is -2.21. The second kappa shape index (κ2) is 6.83. The Bertz CT molecular complexity index is 185. The van der Waals surface area contributed by atoms with Crippen LogP contribution in [0.3, 0.4) is 0 Å². The molecule has 0 aromatic rings. The minimum atomic E-state index is -0.145. The Labute approximate surface area is 92.1 Å². The number of ether oxygens (including phenoxy) is 2. The molecule has 3 nitrogen and oxygen atoms in total. The van der Waals surface area contributed by atoms with Crippen molar-refractivity contribution in [3.05, 3.63) is 0 Å². The summed E-state index contributed by atoms with van der Waals surface area (Å²) in [6, 6.07) is 0. The molecule has 88 valence electrons. The highest BCUT2D eigenvalue weighted by Crippen LogP contribution is 2.20. The van der Waals surface area contributed by atoms with Gasteiger partial charge in [0.1, 0.15) is 0 Å². The van der Waals surface area contributed by atoms with Crippen LogP contribution in [0, 0.1) is 5.92 Å². The lowest BCUT2D eigenvalue weighted by molar-refractivity contribution is -0.166. The second-order valence-corrected chi connectivity index (χ2v) is 4.32. The molecule has 0 saturated heterocycles. The highest BCUT2D eigenvalue weighted by Gasteiger charge is 2.16. The summed E-state index contributed by atoms with van der Waals surface area (Å²) in [5.74, 6) is -0.159. The quantitative estimate of drug-likeness (QED) is 0.521. The maximum Gasteiger partial charge on any atom is 0.310 e. The van der Waals surface area contributed by atoms with Gasteiger partial charge in [0.2, 0.25) is 0 Å². The number of hydrogen-bond acceptors (Lipinski definition) is 3. The van der Waals surface area contributed by atoms with Crippen molar-refractivity contribution in [1.82, 2.24) is 0 Å². The van der Waals surface area contributed by atoms with E-state index in [-0.39, 0.29) is 18.7 Å². The average molecular weight is 214 g/mol. The molecule has 0 bridgehead atoms. The standard InChI is InChI=1S/C12H22O3/c1-3-10(2)12(13)15-9-14-11-7-5-4-6-8-11/h10-11H,3-9H2,1-2H3. The minimum absolute atomic E-state index is 0.0139. The molecule has 0 heterocycles. The van der Waals surface area contributed by atoms with Crippen LogP contribution >= 0.6 is 0 Å². The van der Waals surface area contributed by atoms with Crippen LogP contribution in [0.25, 0.3) is 0 Å². The summed E-state index contributed by atoms with van der Waals surface area (Å²) in [5.41, 5.74) is 0. The van der Waals surface area contributed by atoms with E-state index in [2.05, 4.69) is 0 Å². The molecule has 1 fully saturated rings. The summed E-state index contributed by atoms with van der Waals surface area (Å²) in [4.78, 5) is 11.3. The van der Waals surface area contributed by atoms with Crippen LogP contribution in [0.15, 0.2) is 0 Å². The van der Waals surface area contributed by atoms with Gasteiger partial charge in [-0.2, -0.15) is 0 Å². The lowest BCUT2D eigenvalue weighted by atomic mass is 9.98. The zero-order valence-corrected chi connectivity index (χ0v) is 9.83. The van der Waals surface area contributed by atoms with E-state index in [1.165, 1.54) is 19.3 Å². The molecular formula is C12H22O3. The number of carbonyl (C=O) groups excluding carboxylic acids is 1. The van der Waals surface area contributed by atoms with Crippen molar-refractivity contribution in [3.63, 3.8) is 0 Å². The molecule has 0 radical (unpaired) electrons. The summed E-state index contributed by atoms with van der Waals surface area (Å²) >= 11 is 0. The fourth-order valence-corrected chi connectivity index (χ4v) is 1.73. The third kappa shape index (κ3) is 4.65. The third-order valence-electron chi connectivity index (χ3n) is 3.07. The molecule has 0 aromatic carbocycles. The first-order valence-electron chi connectivity index (χ1n) is 6.02. The Kier molecular flexibility index (Phi) is 5.69. The molecule has 15 heavy (non-hydrogen) atoms. The van der Waals surface area contributed by atoms with Crippen LogP contribution in [-0.4, -0.2) is 18.9 Å². The van der Waals surface area contributed by atoms with Crippen molar-refractivity contribution in [3.8, 4) is 0 Å². The lowest BCUT2D eigenvalue weighted by Crippen LogP contribution is -2.21. The number of esters is 1. The first kappa shape index (κ1) is 12.5. The summed E-state index contributed by atoms with van der Waals surface area (Å²) < 4.78 is 10.5. The monoisotopic (exact) mass is 214 g/mol. The van der Waals surface area contributed by atoms with Gasteiger partial charge in [-0.1, -0.05) is 33.1 Å². The van der Waals surface area contributed by atoms with Gasteiger partial charge in [-0.05, 0) is 19.3 Å². The van der Waals surface area contributed by atoms with Gasteiger partial charge >= 0.3 is 5.97 Å². The van der Waals surface area contributed by atoms with E-state index in [0.717, 1.165) is 19.3 Å². The molecular weight excluding hydrogens is 192 g/mol. The van der Waals surface area contributed by atoms with Crippen LogP contribution in [-0.2, 0) is 14.3 Å². The predicted molar refractivity (Wildman–Crippen MR) is 58.4 cm³/mol. The van der Waals surface area contributed by atoms with E-state index in [1.807, 2.05) is 13.8 Å². The Morgan fingerprint density at radius 2 is 2.00 bits per heavy atom. The first-order valence-corrected chi connectivity index (χ1v) is 6.02. The SMILES string of the molecule is CCC(C)C(=O)OCOC1CCCCC1. The maximum atomic E-state index is 11.3. The van der Waals surface area contributed by atoms with E-state index in [0.29, 0.717) is 6.10 Å². The average Bonchev–Trinajstić information content (AvgIpc) is 2.29. The molecule has 0 aliphatic heterocycles. The van der Waals surface area contributed by atoms with Crippen molar-refractivity contribution in [2.75, 3.05) is 6.79 Å². The molecule has 1 aliphatic carbocycles. The van der Waals surface area contributed by atoms with E-state index in [4.69, 9.17) is 9.47 Å². The van der Waals surface area contributed by atoms with Gasteiger partial charge in [0.15, 0.2) is 6.79 Å². The molecule has 1 unspecified atom stereocenters. The minimum Gasteiger partial charge on any atom is -0.438 e. The van der Waals surface area contributed by atoms with Crippen LogP contribution in [0.1, 0.15) is 52.4 Å². The highest BCUT2D eigenvalue weighted by molar-refractivity contribution is 5.71. The Morgan fingerprint density at radius 1 is 1.33 bits per heavy atom. The van der Waals surface area contributed by atoms with Gasteiger partial charge in [0.25, 0.3) is 0 Å². The molecule has 1 atom stereocenters. The maximum absolute atomic E-state index is 11.3. The smallest absolute Gasteiger partial charge is 0.310 e. The normalized spacial score (nSPS) is 19.9. The summed E-state index contributed by atoms with van der Waals surface area (Å²) in [6.07, 6.45) is 7.15. The molecule has 0 aromatic heterocycles. The summed E-state index contributed by atoms with van der Waals surface area (Å²) in [5, 5.41) is 0. The predicted octanol–water partition coefficient (Wildman–Crippen LogP) is 2.88. The molecule has 0 spiro atoms. The summed E-state index contributed by atoms with van der Waals surface area (Å²) in [6.45, 7) is 3.99. The van der Waals surface area contributed by atoms with Gasteiger partial charge in [-0.3, -0.25) is 4.79 Å². The van der Waals surface area contributed by atoms with Gasteiger partial charge in [-0.25, -0.2) is 0 Å². The third-order valence-corrected chi connectivity index (χ3v) is 3.07.